The fourth-order valence-electron chi connectivity index (χ4n) is 1.53. The van der Waals surface area contributed by atoms with E-state index < -0.39 is 0 Å². The molecule has 0 aromatic carbocycles. The quantitative estimate of drug-likeness (QED) is 0.666. The Morgan fingerprint density at radius 1 is 1.28 bits per heavy atom. The van der Waals surface area contributed by atoms with E-state index in [-0.39, 0.29) is 6.54 Å². The first kappa shape index (κ1) is 11.9. The van der Waals surface area contributed by atoms with E-state index in [1.807, 2.05) is 24.5 Å². The summed E-state index contributed by atoms with van der Waals surface area (Å²) < 4.78 is 0. The van der Waals surface area contributed by atoms with Crippen LogP contribution >= 0.6 is 0 Å². The van der Waals surface area contributed by atoms with Crippen LogP contribution in [0.2, 0.25) is 0 Å². The second-order valence-corrected chi connectivity index (χ2v) is 3.70. The molecule has 2 aromatic rings. The van der Waals surface area contributed by atoms with Gasteiger partial charge in [-0.25, -0.2) is 9.97 Å². The third-order valence-corrected chi connectivity index (χ3v) is 2.40. The van der Waals surface area contributed by atoms with Crippen LogP contribution in [-0.4, -0.2) is 28.0 Å². The third-order valence-electron chi connectivity index (χ3n) is 2.40. The lowest BCUT2D eigenvalue weighted by Gasteiger charge is -2.06. The normalized spacial score (nSPS) is 9.72. The molecule has 0 radical (unpaired) electrons. The van der Waals surface area contributed by atoms with Crippen molar-refractivity contribution in [3.05, 3.63) is 36.4 Å². The molecule has 0 unspecified atom stereocenters. The summed E-state index contributed by atoms with van der Waals surface area (Å²) >= 11 is 0. The molecule has 0 spiro atoms. The van der Waals surface area contributed by atoms with Crippen molar-refractivity contribution in [3.63, 3.8) is 0 Å². The molecule has 6 heteroatoms. The van der Waals surface area contributed by atoms with Crippen LogP contribution in [0.25, 0.3) is 0 Å². The van der Waals surface area contributed by atoms with Crippen molar-refractivity contribution >= 4 is 11.6 Å². The molecule has 92 valence electrons. The third kappa shape index (κ3) is 3.49. The summed E-state index contributed by atoms with van der Waals surface area (Å²) in [5.74, 6) is 1.40. The number of hydrogen-bond donors (Lipinski definition) is 3. The average molecular weight is 242 g/mol. The summed E-state index contributed by atoms with van der Waals surface area (Å²) in [6.45, 7) is 1.03. The first-order valence-corrected chi connectivity index (χ1v) is 5.67. The number of nitrogens with zero attached hydrogens (tertiary/aromatic N) is 3. The molecule has 0 aliphatic heterocycles. The standard InChI is InChI=1S/C12H14N6/c13-3-6-16-12-7-11(17-9-18-12)15-5-2-10-1-4-14-8-10/h1,4,7-9,14H,2,5-6H2,(H2,15,16,17,18). The number of H-pyrrole nitrogens is 1. The van der Waals surface area contributed by atoms with E-state index in [9.17, 15) is 0 Å². The number of rotatable bonds is 6. The van der Waals surface area contributed by atoms with Crippen molar-refractivity contribution in [1.82, 2.24) is 15.0 Å². The molecule has 2 heterocycles. The zero-order valence-electron chi connectivity index (χ0n) is 9.85. The summed E-state index contributed by atoms with van der Waals surface area (Å²) in [5, 5.41) is 14.6. The minimum atomic E-state index is 0.236. The number of anilines is 2. The Labute approximate surface area is 105 Å². The van der Waals surface area contributed by atoms with Gasteiger partial charge in [0.2, 0.25) is 0 Å². The zero-order chi connectivity index (χ0) is 12.6. The van der Waals surface area contributed by atoms with Crippen LogP contribution in [-0.2, 0) is 6.42 Å². The van der Waals surface area contributed by atoms with Crippen LogP contribution in [0, 0.1) is 11.3 Å². The van der Waals surface area contributed by atoms with Gasteiger partial charge in [0.05, 0.1) is 6.07 Å². The van der Waals surface area contributed by atoms with Crippen molar-refractivity contribution in [3.8, 4) is 6.07 Å². The maximum atomic E-state index is 8.47. The lowest BCUT2D eigenvalue weighted by Crippen LogP contribution is -2.07. The van der Waals surface area contributed by atoms with Crippen molar-refractivity contribution in [2.75, 3.05) is 23.7 Å². The largest absolute Gasteiger partial charge is 0.370 e. The molecular weight excluding hydrogens is 228 g/mol. The van der Waals surface area contributed by atoms with Gasteiger partial charge in [0.25, 0.3) is 0 Å². The smallest absolute Gasteiger partial charge is 0.132 e. The fourth-order valence-corrected chi connectivity index (χ4v) is 1.53. The van der Waals surface area contributed by atoms with Gasteiger partial charge in [-0.2, -0.15) is 5.26 Å². The maximum absolute atomic E-state index is 8.47. The van der Waals surface area contributed by atoms with Gasteiger partial charge < -0.3 is 15.6 Å². The number of aromatic nitrogens is 3. The van der Waals surface area contributed by atoms with Gasteiger partial charge in [-0.05, 0) is 18.1 Å². The SMILES string of the molecule is N#CCNc1cc(NCCc2cc[nH]c2)ncn1. The Bertz CT molecular complexity index is 514. The van der Waals surface area contributed by atoms with Crippen LogP contribution in [0.1, 0.15) is 5.56 Å². The molecule has 3 N–H and O–H groups in total. The second-order valence-electron chi connectivity index (χ2n) is 3.70. The summed E-state index contributed by atoms with van der Waals surface area (Å²) in [6, 6.07) is 5.83. The summed E-state index contributed by atoms with van der Waals surface area (Å²) in [4.78, 5) is 11.1. The number of hydrogen-bond acceptors (Lipinski definition) is 5. The summed E-state index contributed by atoms with van der Waals surface area (Å²) in [6.07, 6.45) is 6.28. The highest BCUT2D eigenvalue weighted by Crippen LogP contribution is 2.08. The topological polar surface area (TPSA) is 89.4 Å². The predicted molar refractivity (Wildman–Crippen MR) is 69.1 cm³/mol. The monoisotopic (exact) mass is 242 g/mol. The maximum Gasteiger partial charge on any atom is 0.132 e. The Kier molecular flexibility index (Phi) is 4.14. The molecule has 2 rings (SSSR count). The van der Waals surface area contributed by atoms with E-state index >= 15 is 0 Å². The van der Waals surface area contributed by atoms with Crippen molar-refractivity contribution in [2.24, 2.45) is 0 Å². The van der Waals surface area contributed by atoms with E-state index in [4.69, 9.17) is 5.26 Å². The zero-order valence-corrected chi connectivity index (χ0v) is 9.85. The van der Waals surface area contributed by atoms with Crippen LogP contribution in [0.4, 0.5) is 11.6 Å². The molecule has 0 bridgehead atoms. The Hall–Kier alpha value is -2.55. The van der Waals surface area contributed by atoms with Crippen molar-refractivity contribution < 1.29 is 0 Å². The minimum absolute atomic E-state index is 0.236. The lowest BCUT2D eigenvalue weighted by atomic mass is 10.2. The minimum Gasteiger partial charge on any atom is -0.370 e. The fraction of sp³-hybridized carbons (Fsp3) is 0.250. The lowest BCUT2D eigenvalue weighted by molar-refractivity contribution is 1.00. The highest BCUT2D eigenvalue weighted by molar-refractivity contribution is 5.46. The highest BCUT2D eigenvalue weighted by atomic mass is 15.1. The Morgan fingerprint density at radius 3 is 2.83 bits per heavy atom. The van der Waals surface area contributed by atoms with Crippen LogP contribution < -0.4 is 10.6 Å². The molecular formula is C12H14N6. The Balaban J connectivity index is 1.83. The first-order valence-electron chi connectivity index (χ1n) is 5.67. The number of nitrogens with one attached hydrogen (secondary N) is 3. The summed E-state index contributed by atoms with van der Waals surface area (Å²) in [5.41, 5.74) is 1.25. The molecule has 0 aliphatic rings. The molecule has 0 aliphatic carbocycles. The van der Waals surface area contributed by atoms with E-state index in [2.05, 4.69) is 25.6 Å². The molecule has 0 atom stereocenters. The van der Waals surface area contributed by atoms with Gasteiger partial charge in [0.1, 0.15) is 24.5 Å². The summed E-state index contributed by atoms with van der Waals surface area (Å²) in [7, 11) is 0. The van der Waals surface area contributed by atoms with Crippen molar-refractivity contribution in [2.45, 2.75) is 6.42 Å². The van der Waals surface area contributed by atoms with Gasteiger partial charge >= 0.3 is 0 Å². The van der Waals surface area contributed by atoms with Gasteiger partial charge in [0.15, 0.2) is 0 Å². The predicted octanol–water partition coefficient (Wildman–Crippen LogP) is 1.39. The van der Waals surface area contributed by atoms with Gasteiger partial charge in [0, 0.05) is 25.0 Å². The van der Waals surface area contributed by atoms with E-state index in [1.54, 1.807) is 6.07 Å². The van der Waals surface area contributed by atoms with Gasteiger partial charge in [-0.15, -0.1) is 0 Å². The Morgan fingerprint density at radius 2 is 2.11 bits per heavy atom. The average Bonchev–Trinajstić information content (AvgIpc) is 2.90. The highest BCUT2D eigenvalue weighted by Gasteiger charge is 1.98. The molecule has 2 aromatic heterocycles. The first-order chi connectivity index (χ1) is 8.88. The van der Waals surface area contributed by atoms with E-state index in [1.165, 1.54) is 11.9 Å². The molecule has 0 amide bonds. The van der Waals surface area contributed by atoms with E-state index in [0.717, 1.165) is 18.8 Å². The molecule has 0 saturated carbocycles. The van der Waals surface area contributed by atoms with E-state index in [0.29, 0.717) is 5.82 Å². The van der Waals surface area contributed by atoms with Gasteiger partial charge in [-0.3, -0.25) is 0 Å². The van der Waals surface area contributed by atoms with Crippen LogP contribution in [0.3, 0.4) is 0 Å². The molecule has 0 saturated heterocycles. The van der Waals surface area contributed by atoms with Crippen molar-refractivity contribution in [1.29, 1.82) is 5.26 Å². The van der Waals surface area contributed by atoms with Crippen LogP contribution in [0.15, 0.2) is 30.9 Å². The number of nitriles is 1. The molecule has 18 heavy (non-hydrogen) atoms. The van der Waals surface area contributed by atoms with Gasteiger partial charge in [-0.1, -0.05) is 0 Å². The molecule has 0 fully saturated rings. The number of aromatic amines is 1. The molecule has 6 nitrogen and oxygen atoms in total. The second kappa shape index (κ2) is 6.25. The van der Waals surface area contributed by atoms with Crippen LogP contribution in [0.5, 0.6) is 0 Å².